The zero-order chi connectivity index (χ0) is 28.7. The molecule has 0 fully saturated rings. The highest BCUT2D eigenvalue weighted by Gasteiger charge is 2.33. The molecule has 8 nitrogen and oxygen atoms in total. The Morgan fingerprint density at radius 2 is 1.80 bits per heavy atom. The van der Waals surface area contributed by atoms with Crippen LogP contribution in [0.2, 0.25) is 0 Å². The lowest BCUT2D eigenvalue weighted by atomic mass is 9.95. The van der Waals surface area contributed by atoms with Crippen molar-refractivity contribution in [2.75, 3.05) is 6.61 Å². The molecule has 0 saturated carbocycles. The largest absolute Gasteiger partial charge is 0.545 e. The number of aromatic nitrogens is 2. The smallest absolute Gasteiger partial charge is 0.338 e. The third-order valence-electron chi connectivity index (χ3n) is 7.01. The summed E-state index contributed by atoms with van der Waals surface area (Å²) in [6.07, 6.45) is 1.82. The minimum atomic E-state index is -1.24. The highest BCUT2D eigenvalue weighted by atomic mass is 32.1. The number of carboxylic acids is 1. The summed E-state index contributed by atoms with van der Waals surface area (Å²) in [6, 6.07) is 15.6. The molecule has 0 saturated heterocycles. The third kappa shape index (κ3) is 4.73. The summed E-state index contributed by atoms with van der Waals surface area (Å²) in [6.45, 7) is 9.54. The van der Waals surface area contributed by atoms with Gasteiger partial charge in [0.15, 0.2) is 4.80 Å². The summed E-state index contributed by atoms with van der Waals surface area (Å²) < 4.78 is 9.34. The van der Waals surface area contributed by atoms with Gasteiger partial charge in [-0.05, 0) is 75.6 Å². The SMILES string of the molecule is CCOC(=O)C1=C(C)N=c2s/c(=C/c3cc(C)n(-c4cccc(C(=O)[O-])c4)c3C)c(=O)n2[C@H]1c1ccc(C)cc1. The Kier molecular flexibility index (Phi) is 7.16. The second-order valence-corrected chi connectivity index (χ2v) is 10.7. The maximum Gasteiger partial charge on any atom is 0.338 e. The Bertz CT molecular complexity index is 1870. The van der Waals surface area contributed by atoms with E-state index in [1.54, 1.807) is 30.5 Å². The summed E-state index contributed by atoms with van der Waals surface area (Å²) in [4.78, 5) is 43.5. The Morgan fingerprint density at radius 3 is 2.48 bits per heavy atom. The lowest BCUT2D eigenvalue weighted by Gasteiger charge is -2.24. The molecular formula is C31H28N3O5S-. The monoisotopic (exact) mass is 554 g/mol. The first-order valence-corrected chi connectivity index (χ1v) is 13.7. The van der Waals surface area contributed by atoms with Crippen molar-refractivity contribution in [3.05, 3.63) is 119 Å². The number of fused-ring (bicyclic) bond motifs is 1. The highest BCUT2D eigenvalue weighted by molar-refractivity contribution is 7.07. The predicted molar refractivity (Wildman–Crippen MR) is 151 cm³/mol. The van der Waals surface area contributed by atoms with Gasteiger partial charge < -0.3 is 19.2 Å². The molecule has 2 aromatic carbocycles. The number of benzene rings is 2. The number of carbonyl (C=O) groups excluding carboxylic acids is 2. The number of rotatable bonds is 6. The number of hydrogen-bond acceptors (Lipinski definition) is 7. The fourth-order valence-electron chi connectivity index (χ4n) is 5.10. The molecule has 5 rings (SSSR count). The number of hydrogen-bond donors (Lipinski definition) is 0. The van der Waals surface area contributed by atoms with Gasteiger partial charge in [0, 0.05) is 17.1 Å². The number of ether oxygens (including phenoxy) is 1. The van der Waals surface area contributed by atoms with Crippen molar-refractivity contribution in [3.63, 3.8) is 0 Å². The summed E-state index contributed by atoms with van der Waals surface area (Å²) in [7, 11) is 0. The van der Waals surface area contributed by atoms with Crippen molar-refractivity contribution in [3.8, 4) is 5.69 Å². The van der Waals surface area contributed by atoms with Crippen molar-refractivity contribution in [2.24, 2.45) is 4.99 Å². The molecule has 1 aliphatic rings. The first-order chi connectivity index (χ1) is 19.1. The number of nitrogens with zero attached hydrogens (tertiary/aromatic N) is 3. The quantitative estimate of drug-likeness (QED) is 0.341. The van der Waals surface area contributed by atoms with E-state index in [2.05, 4.69) is 4.99 Å². The van der Waals surface area contributed by atoms with Crippen LogP contribution in [-0.2, 0) is 9.53 Å². The lowest BCUT2D eigenvalue weighted by Crippen LogP contribution is -2.39. The first-order valence-electron chi connectivity index (χ1n) is 12.9. The molecule has 0 bridgehead atoms. The standard InChI is InChI=1S/C31H29N3O5S/c1-6-39-30(38)26-19(4)32-31-34(27(26)21-12-10-17(2)11-13-21)28(35)25(40-31)16-23-14-18(3)33(20(23)5)24-9-7-8-22(15-24)29(36)37/h7-16,27H,6H2,1-5H3,(H,36,37)/p-1/b25-16+/t27-/m0/s1. The molecule has 0 radical (unpaired) electrons. The van der Waals surface area contributed by atoms with Gasteiger partial charge in [0.05, 0.1) is 34.4 Å². The summed E-state index contributed by atoms with van der Waals surface area (Å²) in [5.41, 5.74) is 5.77. The van der Waals surface area contributed by atoms with Gasteiger partial charge in [0.2, 0.25) is 0 Å². The van der Waals surface area contributed by atoms with Crippen LogP contribution in [0.3, 0.4) is 0 Å². The number of esters is 1. The molecule has 3 heterocycles. The van der Waals surface area contributed by atoms with E-state index >= 15 is 0 Å². The van der Waals surface area contributed by atoms with E-state index in [1.165, 1.54) is 17.4 Å². The number of carbonyl (C=O) groups is 2. The average molecular weight is 555 g/mol. The zero-order valence-corrected chi connectivity index (χ0v) is 23.7. The predicted octanol–water partition coefficient (Wildman–Crippen LogP) is 2.88. The van der Waals surface area contributed by atoms with Gasteiger partial charge in [-0.15, -0.1) is 0 Å². The summed E-state index contributed by atoms with van der Waals surface area (Å²) >= 11 is 1.26. The Labute approximate surface area is 234 Å². The van der Waals surface area contributed by atoms with Gasteiger partial charge in [0.25, 0.3) is 5.56 Å². The molecule has 1 aliphatic heterocycles. The molecule has 0 aliphatic carbocycles. The van der Waals surface area contributed by atoms with Crippen LogP contribution in [0.15, 0.2) is 75.7 Å². The number of allylic oxidation sites excluding steroid dienone is 1. The minimum Gasteiger partial charge on any atom is -0.545 e. The second kappa shape index (κ2) is 10.6. The van der Waals surface area contributed by atoms with E-state index in [1.807, 2.05) is 67.8 Å². The molecule has 2 aromatic heterocycles. The van der Waals surface area contributed by atoms with Gasteiger partial charge in [-0.2, -0.15) is 0 Å². The van der Waals surface area contributed by atoms with Crippen LogP contribution in [-0.4, -0.2) is 27.7 Å². The maximum absolute atomic E-state index is 13.9. The van der Waals surface area contributed by atoms with Crippen molar-refractivity contribution in [1.29, 1.82) is 0 Å². The van der Waals surface area contributed by atoms with Gasteiger partial charge >= 0.3 is 5.97 Å². The number of aryl methyl sites for hydroxylation is 2. The van der Waals surface area contributed by atoms with E-state index in [-0.39, 0.29) is 17.7 Å². The van der Waals surface area contributed by atoms with Crippen LogP contribution in [0.1, 0.15) is 58.3 Å². The average Bonchev–Trinajstić information content (AvgIpc) is 3.37. The van der Waals surface area contributed by atoms with Crippen LogP contribution in [0.4, 0.5) is 0 Å². The molecule has 4 aromatic rings. The van der Waals surface area contributed by atoms with E-state index in [0.717, 1.165) is 28.1 Å². The summed E-state index contributed by atoms with van der Waals surface area (Å²) in [5.74, 6) is -1.74. The number of thiazole rings is 1. The highest BCUT2D eigenvalue weighted by Crippen LogP contribution is 2.31. The van der Waals surface area contributed by atoms with Crippen LogP contribution in [0.25, 0.3) is 11.8 Å². The molecular weight excluding hydrogens is 526 g/mol. The first kappa shape index (κ1) is 27.1. The molecule has 9 heteroatoms. The molecule has 204 valence electrons. The third-order valence-corrected chi connectivity index (χ3v) is 7.99. The molecule has 0 amide bonds. The van der Waals surface area contributed by atoms with Crippen molar-refractivity contribution in [2.45, 2.75) is 40.7 Å². The van der Waals surface area contributed by atoms with E-state index in [4.69, 9.17) is 4.74 Å². The summed E-state index contributed by atoms with van der Waals surface area (Å²) in [5, 5.41) is 11.4. The molecule has 0 spiro atoms. The lowest BCUT2D eigenvalue weighted by molar-refractivity contribution is -0.255. The number of aromatic carboxylic acids is 1. The van der Waals surface area contributed by atoms with Crippen molar-refractivity contribution < 1.29 is 19.4 Å². The van der Waals surface area contributed by atoms with Crippen LogP contribution in [0.5, 0.6) is 0 Å². The molecule has 0 N–H and O–H groups in total. The van der Waals surface area contributed by atoms with E-state index in [0.29, 0.717) is 26.3 Å². The van der Waals surface area contributed by atoms with Crippen molar-refractivity contribution >= 4 is 29.4 Å². The van der Waals surface area contributed by atoms with Gasteiger partial charge in [-0.3, -0.25) is 9.36 Å². The Hall–Kier alpha value is -4.50. The Balaban J connectivity index is 1.68. The fraction of sp³-hybridized carbons (Fsp3) is 0.226. The second-order valence-electron chi connectivity index (χ2n) is 9.71. The van der Waals surface area contributed by atoms with Crippen molar-refractivity contribution in [1.82, 2.24) is 9.13 Å². The number of carboxylic acid groups (broad SMARTS) is 1. The molecule has 1 atom stereocenters. The topological polar surface area (TPSA) is 106 Å². The fourth-order valence-corrected chi connectivity index (χ4v) is 6.14. The van der Waals surface area contributed by atoms with Gasteiger partial charge in [-0.25, -0.2) is 9.79 Å². The van der Waals surface area contributed by atoms with Gasteiger partial charge in [0.1, 0.15) is 0 Å². The van der Waals surface area contributed by atoms with E-state index < -0.39 is 18.0 Å². The van der Waals surface area contributed by atoms with Crippen LogP contribution in [0, 0.1) is 20.8 Å². The van der Waals surface area contributed by atoms with E-state index in [9.17, 15) is 19.5 Å². The molecule has 40 heavy (non-hydrogen) atoms. The zero-order valence-electron chi connectivity index (χ0n) is 22.8. The normalized spacial score (nSPS) is 15.1. The molecule has 0 unspecified atom stereocenters. The van der Waals surface area contributed by atoms with Crippen LogP contribution < -0.4 is 20.0 Å². The Morgan fingerprint density at radius 1 is 1.07 bits per heavy atom. The maximum atomic E-state index is 13.9. The van der Waals surface area contributed by atoms with Crippen LogP contribution >= 0.6 is 11.3 Å². The minimum absolute atomic E-state index is 0.0868. The van der Waals surface area contributed by atoms with Gasteiger partial charge in [-0.1, -0.05) is 53.3 Å².